The van der Waals surface area contributed by atoms with Crippen molar-refractivity contribution in [2.24, 2.45) is 0 Å². The topological polar surface area (TPSA) is 83.4 Å². The van der Waals surface area contributed by atoms with E-state index in [1.165, 1.54) is 13.2 Å². The number of imidazole rings is 1. The zero-order chi connectivity index (χ0) is 20.5. The molecule has 1 aliphatic heterocycles. The predicted molar refractivity (Wildman–Crippen MR) is 102 cm³/mol. The van der Waals surface area contributed by atoms with Gasteiger partial charge in [-0.2, -0.15) is 0 Å². The van der Waals surface area contributed by atoms with Crippen LogP contribution in [-0.2, 0) is 0 Å². The summed E-state index contributed by atoms with van der Waals surface area (Å²) in [6, 6.07) is 3.15. The molecule has 3 N–H and O–H groups in total. The molecule has 29 heavy (non-hydrogen) atoms. The van der Waals surface area contributed by atoms with E-state index in [-0.39, 0.29) is 23.1 Å². The molecule has 3 aromatic heterocycles. The van der Waals surface area contributed by atoms with E-state index in [9.17, 15) is 18.0 Å². The van der Waals surface area contributed by atoms with Gasteiger partial charge in [0.2, 0.25) is 0 Å². The Balaban J connectivity index is 1.72. The van der Waals surface area contributed by atoms with Gasteiger partial charge in [-0.25, -0.2) is 23.1 Å². The number of anilines is 1. The van der Waals surface area contributed by atoms with Gasteiger partial charge < -0.3 is 16.0 Å². The van der Waals surface area contributed by atoms with Crippen LogP contribution in [-0.4, -0.2) is 52.6 Å². The van der Waals surface area contributed by atoms with E-state index in [1.54, 1.807) is 22.7 Å². The Hall–Kier alpha value is -3.14. The average Bonchev–Trinajstić information content (AvgIpc) is 3.14. The number of pyridine rings is 2. The summed E-state index contributed by atoms with van der Waals surface area (Å²) >= 11 is 0. The summed E-state index contributed by atoms with van der Waals surface area (Å²) in [5.41, 5.74) is 0.947. The molecular formula is C19H19F3N6O. The van der Waals surface area contributed by atoms with Crippen molar-refractivity contribution >= 4 is 17.4 Å². The molecule has 2 atom stereocenters. The molecular weight excluding hydrogens is 385 g/mol. The molecule has 0 aliphatic carbocycles. The molecule has 1 fully saturated rings. The van der Waals surface area contributed by atoms with E-state index in [0.717, 1.165) is 0 Å². The van der Waals surface area contributed by atoms with Crippen molar-refractivity contribution in [2.45, 2.75) is 18.6 Å². The third-order valence-corrected chi connectivity index (χ3v) is 4.89. The van der Waals surface area contributed by atoms with Crippen LogP contribution in [0.3, 0.4) is 0 Å². The first-order valence-corrected chi connectivity index (χ1v) is 9.15. The second-order valence-corrected chi connectivity index (χ2v) is 6.78. The molecule has 0 bridgehead atoms. The number of fused-ring (bicyclic) bond motifs is 1. The Morgan fingerprint density at radius 2 is 2.14 bits per heavy atom. The van der Waals surface area contributed by atoms with Crippen LogP contribution in [0.5, 0.6) is 0 Å². The third kappa shape index (κ3) is 3.63. The normalized spacial score (nSPS) is 19.3. The summed E-state index contributed by atoms with van der Waals surface area (Å²) in [4.78, 5) is 20.0. The molecule has 1 saturated heterocycles. The van der Waals surface area contributed by atoms with Crippen LogP contribution in [0.4, 0.5) is 19.0 Å². The minimum Gasteiger partial charge on any atom is -0.361 e. The van der Waals surface area contributed by atoms with Gasteiger partial charge in [-0.05, 0) is 25.1 Å². The van der Waals surface area contributed by atoms with Crippen LogP contribution in [0.1, 0.15) is 16.8 Å². The summed E-state index contributed by atoms with van der Waals surface area (Å²) in [6.45, 7) is 0.858. The van der Waals surface area contributed by atoms with Crippen LogP contribution in [0.2, 0.25) is 0 Å². The van der Waals surface area contributed by atoms with Crippen LogP contribution in [0, 0.1) is 11.6 Å². The van der Waals surface area contributed by atoms with E-state index in [4.69, 9.17) is 0 Å². The zero-order valence-electron chi connectivity index (χ0n) is 15.5. The molecule has 4 heterocycles. The first-order valence-electron chi connectivity index (χ1n) is 9.15. The number of hydrogen-bond donors (Lipinski definition) is 3. The van der Waals surface area contributed by atoms with Crippen molar-refractivity contribution in [1.82, 2.24) is 25.0 Å². The molecule has 0 saturated carbocycles. The van der Waals surface area contributed by atoms with E-state index < -0.39 is 23.8 Å². The number of carbonyl (C=O) groups is 1. The molecule has 10 heteroatoms. The standard InChI is InChI=1S/C19H19F3N6O/c1-23-19(29)10-3-5-28-15(9-25-16(28)6-10)17-12(21)7-13(22)18(27-17)26-14-8-24-4-2-11(14)20/h3,5-7,9,11,14,24H,2,4,8H2,1H3,(H,23,29)(H,26,27). The van der Waals surface area contributed by atoms with Crippen molar-refractivity contribution in [1.29, 1.82) is 0 Å². The van der Waals surface area contributed by atoms with Gasteiger partial charge in [0.25, 0.3) is 5.91 Å². The number of halogens is 3. The number of hydrogen-bond acceptors (Lipinski definition) is 5. The van der Waals surface area contributed by atoms with Crippen molar-refractivity contribution < 1.29 is 18.0 Å². The fraction of sp³-hybridized carbons (Fsp3) is 0.316. The largest absolute Gasteiger partial charge is 0.361 e. The second-order valence-electron chi connectivity index (χ2n) is 6.78. The number of alkyl halides is 1. The second kappa shape index (κ2) is 7.70. The Morgan fingerprint density at radius 1 is 1.31 bits per heavy atom. The highest BCUT2D eigenvalue weighted by Gasteiger charge is 2.26. The van der Waals surface area contributed by atoms with Gasteiger partial charge in [-0.15, -0.1) is 0 Å². The number of carbonyl (C=O) groups excluding carboxylic acids is 1. The molecule has 0 spiro atoms. The van der Waals surface area contributed by atoms with Crippen molar-refractivity contribution in [3.63, 3.8) is 0 Å². The summed E-state index contributed by atoms with van der Waals surface area (Å²) in [7, 11) is 1.51. The Labute approximate surface area is 164 Å². The van der Waals surface area contributed by atoms with Crippen molar-refractivity contribution in [2.75, 3.05) is 25.5 Å². The molecule has 0 aromatic carbocycles. The minimum atomic E-state index is -1.16. The highest BCUT2D eigenvalue weighted by Crippen LogP contribution is 2.27. The Morgan fingerprint density at radius 3 is 2.90 bits per heavy atom. The number of nitrogens with one attached hydrogen (secondary N) is 3. The van der Waals surface area contributed by atoms with Gasteiger partial charge in [-0.3, -0.25) is 9.20 Å². The van der Waals surface area contributed by atoms with Crippen LogP contribution < -0.4 is 16.0 Å². The maximum absolute atomic E-state index is 14.5. The van der Waals surface area contributed by atoms with Crippen LogP contribution in [0.15, 0.2) is 30.6 Å². The summed E-state index contributed by atoms with van der Waals surface area (Å²) in [5.74, 6) is -2.28. The Bertz CT molecular complexity index is 1070. The van der Waals surface area contributed by atoms with Gasteiger partial charge in [0.05, 0.1) is 17.9 Å². The lowest BCUT2D eigenvalue weighted by atomic mass is 10.1. The SMILES string of the molecule is CNC(=O)c1ccn2c(-c3nc(NC4CNCCC4F)c(F)cc3F)cnc2c1. The maximum atomic E-state index is 14.5. The lowest BCUT2D eigenvalue weighted by Crippen LogP contribution is -2.46. The molecule has 1 amide bonds. The molecule has 3 aromatic rings. The van der Waals surface area contributed by atoms with Gasteiger partial charge in [0.15, 0.2) is 17.5 Å². The van der Waals surface area contributed by atoms with Crippen LogP contribution in [0.25, 0.3) is 17.0 Å². The Kier molecular flexibility index (Phi) is 5.10. The predicted octanol–water partition coefficient (Wildman–Crippen LogP) is 2.15. The molecule has 1 aliphatic rings. The van der Waals surface area contributed by atoms with Gasteiger partial charge in [0.1, 0.15) is 17.5 Å². The summed E-state index contributed by atoms with van der Waals surface area (Å²) in [6.07, 6.45) is 2.08. The number of nitrogens with zero attached hydrogens (tertiary/aromatic N) is 3. The fourth-order valence-electron chi connectivity index (χ4n) is 3.33. The van der Waals surface area contributed by atoms with E-state index in [2.05, 4.69) is 25.9 Å². The zero-order valence-corrected chi connectivity index (χ0v) is 15.5. The molecule has 152 valence electrons. The van der Waals surface area contributed by atoms with E-state index >= 15 is 0 Å². The monoisotopic (exact) mass is 404 g/mol. The van der Waals surface area contributed by atoms with Gasteiger partial charge in [-0.1, -0.05) is 0 Å². The number of rotatable bonds is 4. The molecule has 4 rings (SSSR count). The van der Waals surface area contributed by atoms with Crippen molar-refractivity contribution in [3.05, 3.63) is 47.8 Å². The summed E-state index contributed by atoms with van der Waals surface area (Å²) in [5, 5.41) is 8.28. The maximum Gasteiger partial charge on any atom is 0.251 e. The molecule has 7 nitrogen and oxygen atoms in total. The highest BCUT2D eigenvalue weighted by atomic mass is 19.1. The quantitative estimate of drug-likeness (QED) is 0.621. The fourth-order valence-corrected chi connectivity index (χ4v) is 3.33. The lowest BCUT2D eigenvalue weighted by molar-refractivity contribution is 0.0963. The van der Waals surface area contributed by atoms with Gasteiger partial charge in [0, 0.05) is 31.4 Å². The van der Waals surface area contributed by atoms with E-state index in [1.807, 2.05) is 0 Å². The lowest BCUT2D eigenvalue weighted by Gasteiger charge is -2.28. The first kappa shape index (κ1) is 19.2. The molecule has 2 unspecified atom stereocenters. The van der Waals surface area contributed by atoms with E-state index in [0.29, 0.717) is 36.8 Å². The molecule has 0 radical (unpaired) electrons. The van der Waals surface area contributed by atoms with Crippen molar-refractivity contribution in [3.8, 4) is 11.4 Å². The third-order valence-electron chi connectivity index (χ3n) is 4.89. The van der Waals surface area contributed by atoms with Crippen LogP contribution >= 0.6 is 0 Å². The smallest absolute Gasteiger partial charge is 0.251 e. The number of piperidine rings is 1. The van der Waals surface area contributed by atoms with Gasteiger partial charge >= 0.3 is 0 Å². The first-order chi connectivity index (χ1) is 14.0. The average molecular weight is 404 g/mol. The minimum absolute atomic E-state index is 0.131. The highest BCUT2D eigenvalue weighted by molar-refractivity contribution is 5.94. The summed E-state index contributed by atoms with van der Waals surface area (Å²) < 4.78 is 44.4. The number of aromatic nitrogens is 3. The number of amides is 1.